The third kappa shape index (κ3) is 3.43. The van der Waals surface area contributed by atoms with Crippen LogP contribution in [0.2, 0.25) is 0 Å². The van der Waals surface area contributed by atoms with Gasteiger partial charge in [-0.2, -0.15) is 10.5 Å². The van der Waals surface area contributed by atoms with Crippen LogP contribution in [0.1, 0.15) is 19.4 Å². The minimum absolute atomic E-state index is 0.107. The molecular formula is C13H14N4O2. The summed E-state index contributed by atoms with van der Waals surface area (Å²) in [5.74, 6) is -0.179. The third-order valence-electron chi connectivity index (χ3n) is 2.75. The number of nitro groups is 1. The monoisotopic (exact) mass is 258 g/mol. The standard InChI is InChI=1S/C13H14N4O2/c1-3-16(9-10(2)7-14)13-5-4-12(17(18)19)6-11(13)8-15/h4-6,10H,3,9H2,1-2H3. The predicted molar refractivity (Wildman–Crippen MR) is 70.5 cm³/mol. The Morgan fingerprint density at radius 3 is 2.63 bits per heavy atom. The van der Waals surface area contributed by atoms with E-state index in [1.54, 1.807) is 13.0 Å². The maximum atomic E-state index is 10.7. The zero-order chi connectivity index (χ0) is 14.4. The number of nitrogens with zero attached hydrogens (tertiary/aromatic N) is 4. The fraction of sp³-hybridized carbons (Fsp3) is 0.385. The summed E-state index contributed by atoms with van der Waals surface area (Å²) in [6.07, 6.45) is 0. The lowest BCUT2D eigenvalue weighted by Gasteiger charge is -2.24. The lowest BCUT2D eigenvalue weighted by atomic mass is 10.1. The fourth-order valence-electron chi connectivity index (χ4n) is 1.77. The Labute approximate surface area is 111 Å². The van der Waals surface area contributed by atoms with Crippen molar-refractivity contribution in [3.8, 4) is 12.1 Å². The van der Waals surface area contributed by atoms with E-state index in [2.05, 4.69) is 6.07 Å². The van der Waals surface area contributed by atoms with E-state index in [9.17, 15) is 10.1 Å². The largest absolute Gasteiger partial charge is 0.369 e. The molecule has 6 heteroatoms. The Hall–Kier alpha value is -2.60. The number of rotatable bonds is 5. The first-order valence-corrected chi connectivity index (χ1v) is 5.86. The van der Waals surface area contributed by atoms with Gasteiger partial charge in [0.1, 0.15) is 6.07 Å². The van der Waals surface area contributed by atoms with Gasteiger partial charge in [-0.15, -0.1) is 0 Å². The smallest absolute Gasteiger partial charge is 0.270 e. The molecule has 0 aliphatic carbocycles. The Balaban J connectivity index is 3.15. The summed E-state index contributed by atoms with van der Waals surface area (Å²) in [6.45, 7) is 4.81. The molecule has 0 heterocycles. The number of anilines is 1. The summed E-state index contributed by atoms with van der Waals surface area (Å²) in [6, 6.07) is 8.29. The van der Waals surface area contributed by atoms with Crippen molar-refractivity contribution < 1.29 is 4.92 Å². The quantitative estimate of drug-likeness (QED) is 0.597. The van der Waals surface area contributed by atoms with Gasteiger partial charge < -0.3 is 4.90 Å². The summed E-state index contributed by atoms with van der Waals surface area (Å²) in [5.41, 5.74) is 0.767. The summed E-state index contributed by atoms with van der Waals surface area (Å²) < 4.78 is 0. The van der Waals surface area contributed by atoms with E-state index in [0.29, 0.717) is 18.8 Å². The molecule has 0 spiro atoms. The van der Waals surface area contributed by atoms with Crippen LogP contribution < -0.4 is 4.90 Å². The number of hydrogen-bond acceptors (Lipinski definition) is 5. The minimum Gasteiger partial charge on any atom is -0.369 e. The van der Waals surface area contributed by atoms with E-state index in [-0.39, 0.29) is 17.2 Å². The van der Waals surface area contributed by atoms with Crippen LogP contribution in [0.5, 0.6) is 0 Å². The van der Waals surface area contributed by atoms with Gasteiger partial charge in [-0.05, 0) is 19.9 Å². The molecule has 19 heavy (non-hydrogen) atoms. The first kappa shape index (κ1) is 14.5. The van der Waals surface area contributed by atoms with Crippen LogP contribution in [-0.4, -0.2) is 18.0 Å². The first-order valence-electron chi connectivity index (χ1n) is 5.86. The third-order valence-corrected chi connectivity index (χ3v) is 2.75. The first-order chi connectivity index (χ1) is 9.03. The van der Waals surface area contributed by atoms with E-state index < -0.39 is 4.92 Å². The predicted octanol–water partition coefficient (Wildman–Crippen LogP) is 2.45. The maximum absolute atomic E-state index is 10.7. The van der Waals surface area contributed by atoms with Gasteiger partial charge in [0.05, 0.1) is 28.2 Å². The van der Waals surface area contributed by atoms with Crippen LogP contribution in [0.25, 0.3) is 0 Å². The molecule has 0 bridgehead atoms. The zero-order valence-electron chi connectivity index (χ0n) is 10.8. The van der Waals surface area contributed by atoms with Crippen molar-refractivity contribution in [2.45, 2.75) is 13.8 Å². The topological polar surface area (TPSA) is 94.0 Å². The van der Waals surface area contributed by atoms with Crippen molar-refractivity contribution >= 4 is 11.4 Å². The molecule has 0 aromatic heterocycles. The number of benzene rings is 1. The normalized spacial score (nSPS) is 11.2. The molecule has 0 fully saturated rings. The summed E-state index contributed by atoms with van der Waals surface area (Å²) in [7, 11) is 0. The molecule has 1 unspecified atom stereocenters. The van der Waals surface area contributed by atoms with Crippen LogP contribution >= 0.6 is 0 Å². The fourth-order valence-corrected chi connectivity index (χ4v) is 1.77. The molecule has 6 nitrogen and oxygen atoms in total. The second kappa shape index (κ2) is 6.36. The summed E-state index contributed by atoms with van der Waals surface area (Å²) in [5, 5.41) is 28.6. The maximum Gasteiger partial charge on any atom is 0.270 e. The molecule has 1 atom stereocenters. The van der Waals surface area contributed by atoms with Crippen LogP contribution in [0.15, 0.2) is 18.2 Å². The minimum atomic E-state index is -0.529. The van der Waals surface area contributed by atoms with E-state index in [1.807, 2.05) is 17.9 Å². The van der Waals surface area contributed by atoms with Gasteiger partial charge in [-0.3, -0.25) is 10.1 Å². The Kier molecular flexibility index (Phi) is 4.84. The van der Waals surface area contributed by atoms with Crippen molar-refractivity contribution in [2.24, 2.45) is 5.92 Å². The van der Waals surface area contributed by atoms with Gasteiger partial charge >= 0.3 is 0 Å². The van der Waals surface area contributed by atoms with Crippen LogP contribution in [0.4, 0.5) is 11.4 Å². The highest BCUT2D eigenvalue weighted by Gasteiger charge is 2.16. The summed E-state index contributed by atoms with van der Waals surface area (Å²) >= 11 is 0. The Morgan fingerprint density at radius 1 is 1.47 bits per heavy atom. The van der Waals surface area contributed by atoms with Gasteiger partial charge in [0.15, 0.2) is 0 Å². The molecule has 0 radical (unpaired) electrons. The van der Waals surface area contributed by atoms with Crippen molar-refractivity contribution in [1.82, 2.24) is 0 Å². The lowest BCUT2D eigenvalue weighted by Crippen LogP contribution is -2.28. The Morgan fingerprint density at radius 2 is 2.16 bits per heavy atom. The second-order valence-corrected chi connectivity index (χ2v) is 4.14. The second-order valence-electron chi connectivity index (χ2n) is 4.14. The summed E-state index contributed by atoms with van der Waals surface area (Å²) in [4.78, 5) is 12.0. The van der Waals surface area contributed by atoms with E-state index in [0.717, 1.165) is 0 Å². The van der Waals surface area contributed by atoms with E-state index >= 15 is 0 Å². The van der Waals surface area contributed by atoms with E-state index in [1.165, 1.54) is 12.1 Å². The van der Waals surface area contributed by atoms with Crippen LogP contribution in [0, 0.1) is 38.7 Å². The lowest BCUT2D eigenvalue weighted by molar-refractivity contribution is -0.384. The molecule has 98 valence electrons. The highest BCUT2D eigenvalue weighted by atomic mass is 16.6. The van der Waals surface area contributed by atoms with E-state index in [4.69, 9.17) is 10.5 Å². The van der Waals surface area contributed by atoms with Crippen LogP contribution in [0.3, 0.4) is 0 Å². The molecule has 0 N–H and O–H groups in total. The average Bonchev–Trinajstić information content (AvgIpc) is 2.43. The molecule has 1 aromatic carbocycles. The molecule has 0 aliphatic heterocycles. The van der Waals surface area contributed by atoms with Crippen molar-refractivity contribution in [2.75, 3.05) is 18.0 Å². The van der Waals surface area contributed by atoms with Crippen molar-refractivity contribution in [1.29, 1.82) is 10.5 Å². The van der Waals surface area contributed by atoms with Gasteiger partial charge in [-0.1, -0.05) is 0 Å². The number of nitro benzene ring substituents is 1. The highest BCUT2D eigenvalue weighted by Crippen LogP contribution is 2.25. The SMILES string of the molecule is CCN(CC(C)C#N)c1ccc([N+](=O)[O-])cc1C#N. The van der Waals surface area contributed by atoms with Crippen LogP contribution in [-0.2, 0) is 0 Å². The Bertz CT molecular complexity index is 557. The zero-order valence-corrected chi connectivity index (χ0v) is 10.8. The molecule has 0 saturated carbocycles. The van der Waals surface area contributed by atoms with Crippen molar-refractivity contribution in [3.63, 3.8) is 0 Å². The number of hydrogen-bond donors (Lipinski definition) is 0. The number of nitriles is 2. The molecular weight excluding hydrogens is 244 g/mol. The molecule has 0 amide bonds. The van der Waals surface area contributed by atoms with Gasteiger partial charge in [0, 0.05) is 25.2 Å². The van der Waals surface area contributed by atoms with Gasteiger partial charge in [0.2, 0.25) is 0 Å². The molecule has 0 aliphatic rings. The molecule has 0 saturated heterocycles. The van der Waals surface area contributed by atoms with Gasteiger partial charge in [0.25, 0.3) is 5.69 Å². The number of non-ortho nitro benzene ring substituents is 1. The highest BCUT2D eigenvalue weighted by molar-refractivity contribution is 5.63. The van der Waals surface area contributed by atoms with Gasteiger partial charge in [-0.25, -0.2) is 0 Å². The molecule has 1 aromatic rings. The molecule has 1 rings (SSSR count). The van der Waals surface area contributed by atoms with Crippen molar-refractivity contribution in [3.05, 3.63) is 33.9 Å². The average molecular weight is 258 g/mol.